The molecule has 192 valence electrons. The van der Waals surface area contributed by atoms with Crippen LogP contribution in [0.15, 0.2) is 48.5 Å². The number of hydrogen-bond donors (Lipinski definition) is 4. The monoisotopic (exact) mass is 517 g/mol. The first kappa shape index (κ1) is 28.3. The predicted octanol–water partition coefficient (Wildman–Crippen LogP) is 2.52. The number of nitro benzene ring substituents is 1. The summed E-state index contributed by atoms with van der Waals surface area (Å²) in [7, 11) is 0. The fourth-order valence-corrected chi connectivity index (χ4v) is 4.13. The van der Waals surface area contributed by atoms with E-state index in [9.17, 15) is 39.5 Å². The van der Waals surface area contributed by atoms with Crippen LogP contribution in [-0.4, -0.2) is 56.5 Å². The predicted molar refractivity (Wildman–Crippen MR) is 133 cm³/mol. The molecule has 0 aromatic heterocycles. The maximum absolute atomic E-state index is 12.9. The number of amides is 2. The minimum atomic E-state index is -1.30. The molecular formula is C24H27N3O8S. The van der Waals surface area contributed by atoms with Gasteiger partial charge < -0.3 is 20.8 Å². The van der Waals surface area contributed by atoms with Crippen LogP contribution in [0.1, 0.15) is 36.2 Å². The van der Waals surface area contributed by atoms with E-state index in [-0.39, 0.29) is 11.3 Å². The molecule has 0 heterocycles. The van der Waals surface area contributed by atoms with Gasteiger partial charge in [0.15, 0.2) is 11.5 Å². The van der Waals surface area contributed by atoms with E-state index in [1.54, 1.807) is 13.8 Å². The van der Waals surface area contributed by atoms with Gasteiger partial charge in [0.25, 0.3) is 5.91 Å². The lowest BCUT2D eigenvalue weighted by molar-refractivity contribution is -0.385. The lowest BCUT2D eigenvalue weighted by Gasteiger charge is -2.24. The average Bonchev–Trinajstić information content (AvgIpc) is 2.82. The fourth-order valence-electron chi connectivity index (χ4n) is 3.20. The highest BCUT2D eigenvalue weighted by Crippen LogP contribution is 2.26. The third-order valence-corrected chi connectivity index (χ3v) is 6.14. The number of carbonyl (C=O) groups excluding carboxylic acids is 3. The number of aromatic hydroxyl groups is 1. The van der Waals surface area contributed by atoms with E-state index in [2.05, 4.69) is 10.6 Å². The van der Waals surface area contributed by atoms with Crippen molar-refractivity contribution in [2.45, 2.75) is 38.1 Å². The molecule has 2 atom stereocenters. The van der Waals surface area contributed by atoms with Crippen LogP contribution in [0.25, 0.3) is 0 Å². The molecule has 0 saturated heterocycles. The molecule has 0 bridgehead atoms. The summed E-state index contributed by atoms with van der Waals surface area (Å²) in [4.78, 5) is 59.8. The van der Waals surface area contributed by atoms with Gasteiger partial charge in [-0.3, -0.25) is 29.3 Å². The summed E-state index contributed by atoms with van der Waals surface area (Å²) >= 11 is 1.29. The minimum Gasteiger partial charge on any atom is -0.502 e. The summed E-state index contributed by atoms with van der Waals surface area (Å²) in [5.41, 5.74) is 0.160. The molecule has 0 fully saturated rings. The summed E-state index contributed by atoms with van der Waals surface area (Å²) in [6.07, 6.45) is -0.626. The Morgan fingerprint density at radius 2 is 1.72 bits per heavy atom. The number of carbonyl (C=O) groups is 4. The van der Waals surface area contributed by atoms with Crippen molar-refractivity contribution in [3.8, 4) is 5.75 Å². The molecule has 11 nitrogen and oxygen atoms in total. The molecule has 2 amide bonds. The Kier molecular flexibility index (Phi) is 10.4. The summed E-state index contributed by atoms with van der Waals surface area (Å²) in [5, 5.41) is 34.7. The van der Waals surface area contributed by atoms with Crippen LogP contribution in [-0.2, 0) is 20.1 Å². The summed E-state index contributed by atoms with van der Waals surface area (Å²) in [6, 6.07) is 9.95. The number of phenolic OH excluding ortho intramolecular Hbond substituents is 1. The lowest BCUT2D eigenvalue weighted by atomic mass is 10.0. The van der Waals surface area contributed by atoms with Crippen molar-refractivity contribution in [3.05, 3.63) is 69.8 Å². The summed E-state index contributed by atoms with van der Waals surface area (Å²) < 4.78 is 0. The molecule has 0 aliphatic heterocycles. The first-order valence-corrected chi connectivity index (χ1v) is 12.1. The van der Waals surface area contributed by atoms with Crippen molar-refractivity contribution >= 4 is 41.0 Å². The summed E-state index contributed by atoms with van der Waals surface area (Å²) in [5.74, 6) is -3.90. The van der Waals surface area contributed by atoms with Gasteiger partial charge in [-0.2, -0.15) is 0 Å². The first-order valence-electron chi connectivity index (χ1n) is 10.9. The van der Waals surface area contributed by atoms with Gasteiger partial charge in [-0.15, -0.1) is 11.8 Å². The number of benzene rings is 2. The number of hydrogen-bond acceptors (Lipinski definition) is 8. The van der Waals surface area contributed by atoms with Gasteiger partial charge in [0.2, 0.25) is 5.91 Å². The van der Waals surface area contributed by atoms with Crippen LogP contribution in [0.3, 0.4) is 0 Å². The number of nitrogens with zero attached hydrogens (tertiary/aromatic N) is 1. The number of aliphatic carboxylic acids is 1. The van der Waals surface area contributed by atoms with Crippen LogP contribution >= 0.6 is 11.8 Å². The fraction of sp³-hybridized carbons (Fsp3) is 0.333. The second-order valence-electron chi connectivity index (χ2n) is 8.26. The van der Waals surface area contributed by atoms with Gasteiger partial charge in [-0.1, -0.05) is 44.2 Å². The molecule has 2 rings (SSSR count). The SMILES string of the molecule is CC(C)C(NC(=O)c1ccc(O)c([N+](=O)[O-])c1)C(=O)NC(CC(=O)O)C(=O)CSCc1ccccc1. The standard InChI is InChI=1S/C24H27N3O8S/c1-14(2)22(26-23(32)16-8-9-19(28)18(10-16)27(34)35)24(33)25-17(11-21(30)31)20(29)13-36-12-15-6-4-3-5-7-15/h3-10,14,17,22,28H,11-13H2,1-2H3,(H,25,33)(H,26,32)(H,30,31). The lowest BCUT2D eigenvalue weighted by Crippen LogP contribution is -2.54. The Morgan fingerprint density at radius 1 is 1.06 bits per heavy atom. The summed E-state index contributed by atoms with van der Waals surface area (Å²) in [6.45, 7) is 3.26. The van der Waals surface area contributed by atoms with E-state index in [0.717, 1.165) is 23.8 Å². The maximum Gasteiger partial charge on any atom is 0.311 e. The van der Waals surface area contributed by atoms with Crippen LogP contribution in [0.4, 0.5) is 5.69 Å². The van der Waals surface area contributed by atoms with Crippen LogP contribution in [0.2, 0.25) is 0 Å². The van der Waals surface area contributed by atoms with E-state index < -0.39 is 64.3 Å². The van der Waals surface area contributed by atoms with Gasteiger partial charge in [-0.25, -0.2) is 0 Å². The molecule has 0 radical (unpaired) electrons. The van der Waals surface area contributed by atoms with Crippen LogP contribution in [0.5, 0.6) is 5.75 Å². The van der Waals surface area contributed by atoms with E-state index >= 15 is 0 Å². The Hall–Kier alpha value is -3.93. The van der Waals surface area contributed by atoms with Gasteiger partial charge in [0.05, 0.1) is 23.1 Å². The zero-order chi connectivity index (χ0) is 26.8. The minimum absolute atomic E-state index is 0.0248. The molecule has 2 unspecified atom stereocenters. The van der Waals surface area contributed by atoms with Gasteiger partial charge in [0, 0.05) is 17.4 Å². The van der Waals surface area contributed by atoms with Crippen molar-refractivity contribution in [2.75, 3.05) is 5.75 Å². The molecule has 0 aliphatic rings. The average molecular weight is 518 g/mol. The third kappa shape index (κ3) is 8.38. The van der Waals surface area contributed by atoms with Crippen molar-refractivity contribution in [2.24, 2.45) is 5.92 Å². The highest BCUT2D eigenvalue weighted by Gasteiger charge is 2.30. The number of ketones is 1. The van der Waals surface area contributed by atoms with Crippen molar-refractivity contribution in [3.63, 3.8) is 0 Å². The Morgan fingerprint density at radius 3 is 2.31 bits per heavy atom. The highest BCUT2D eigenvalue weighted by molar-refractivity contribution is 7.99. The van der Waals surface area contributed by atoms with E-state index in [0.29, 0.717) is 5.75 Å². The smallest absolute Gasteiger partial charge is 0.311 e. The Balaban J connectivity index is 2.09. The van der Waals surface area contributed by atoms with Crippen molar-refractivity contribution < 1.29 is 34.3 Å². The molecule has 0 aliphatic carbocycles. The van der Waals surface area contributed by atoms with Gasteiger partial charge in [-0.05, 0) is 23.6 Å². The third-order valence-electron chi connectivity index (χ3n) is 5.11. The van der Waals surface area contributed by atoms with Gasteiger partial charge in [0.1, 0.15) is 6.04 Å². The molecule has 0 spiro atoms. The number of carboxylic acids is 1. The molecule has 12 heteroatoms. The van der Waals surface area contributed by atoms with Gasteiger partial charge >= 0.3 is 11.7 Å². The molecule has 2 aromatic rings. The first-order chi connectivity index (χ1) is 17.0. The largest absolute Gasteiger partial charge is 0.502 e. The number of carboxylic acid groups (broad SMARTS) is 1. The second kappa shape index (κ2) is 13.2. The number of nitrogens with one attached hydrogen (secondary N) is 2. The van der Waals surface area contributed by atoms with Crippen LogP contribution in [0, 0.1) is 16.0 Å². The zero-order valence-electron chi connectivity index (χ0n) is 19.7. The Labute approximate surface area is 211 Å². The Bertz CT molecular complexity index is 1120. The topological polar surface area (TPSA) is 176 Å². The number of Topliss-reactive ketones (excluding diaryl/α,β-unsaturated/α-hetero) is 1. The number of nitro groups is 1. The second-order valence-corrected chi connectivity index (χ2v) is 9.25. The molecule has 36 heavy (non-hydrogen) atoms. The van der Waals surface area contributed by atoms with E-state index in [1.807, 2.05) is 30.3 Å². The molecular weight excluding hydrogens is 490 g/mol. The number of thioether (sulfide) groups is 1. The van der Waals surface area contributed by atoms with E-state index in [4.69, 9.17) is 0 Å². The zero-order valence-corrected chi connectivity index (χ0v) is 20.5. The molecule has 2 aromatic carbocycles. The maximum atomic E-state index is 12.9. The molecule has 4 N–H and O–H groups in total. The number of rotatable bonds is 13. The normalized spacial score (nSPS) is 12.4. The molecule has 0 saturated carbocycles. The van der Waals surface area contributed by atoms with E-state index in [1.165, 1.54) is 11.8 Å². The van der Waals surface area contributed by atoms with Crippen LogP contribution < -0.4 is 10.6 Å². The number of phenols is 1. The van der Waals surface area contributed by atoms with Crippen molar-refractivity contribution in [1.82, 2.24) is 10.6 Å². The highest BCUT2D eigenvalue weighted by atomic mass is 32.2. The van der Waals surface area contributed by atoms with Crippen molar-refractivity contribution in [1.29, 1.82) is 0 Å². The quantitative estimate of drug-likeness (QED) is 0.230.